The first-order valence-corrected chi connectivity index (χ1v) is 10.2. The molecule has 0 amide bonds. The number of rotatable bonds is 6. The molecule has 4 nitrogen and oxygen atoms in total. The molecule has 0 bridgehead atoms. The fourth-order valence-corrected chi connectivity index (χ4v) is 3.86. The van der Waals surface area contributed by atoms with Crippen molar-refractivity contribution in [3.05, 3.63) is 78.1 Å². The monoisotopic (exact) mass is 414 g/mol. The van der Waals surface area contributed by atoms with E-state index < -0.39 is 11.7 Å². The average Bonchev–Trinajstić information content (AvgIpc) is 3.22. The van der Waals surface area contributed by atoms with E-state index in [-0.39, 0.29) is 0 Å². The van der Waals surface area contributed by atoms with Gasteiger partial charge in [0.25, 0.3) is 0 Å². The molecule has 1 aromatic heterocycles. The Hall–Kier alpha value is -2.64. The zero-order valence-electron chi connectivity index (χ0n) is 16.7. The van der Waals surface area contributed by atoms with Crippen LogP contribution in [0.15, 0.2) is 67.0 Å². The maximum absolute atomic E-state index is 12.9. The third-order valence-corrected chi connectivity index (χ3v) is 5.53. The van der Waals surface area contributed by atoms with Crippen molar-refractivity contribution < 1.29 is 13.2 Å². The van der Waals surface area contributed by atoms with Crippen molar-refractivity contribution in [2.24, 2.45) is 0 Å². The highest BCUT2D eigenvalue weighted by Gasteiger charge is 2.30. The topological polar surface area (TPSA) is 24.3 Å². The Morgan fingerprint density at radius 1 is 0.833 bits per heavy atom. The minimum atomic E-state index is -4.29. The van der Waals surface area contributed by atoms with Crippen LogP contribution in [-0.4, -0.2) is 52.1 Å². The molecule has 30 heavy (non-hydrogen) atoms. The molecule has 0 unspecified atom stereocenters. The van der Waals surface area contributed by atoms with Gasteiger partial charge in [-0.25, -0.2) is 4.98 Å². The second-order valence-corrected chi connectivity index (χ2v) is 7.63. The minimum absolute atomic E-state index is 0.553. The molecule has 2 aromatic carbocycles. The summed E-state index contributed by atoms with van der Waals surface area (Å²) in [4.78, 5) is 9.11. The Bertz CT molecular complexity index is 944. The largest absolute Gasteiger partial charge is 0.416 e. The summed E-state index contributed by atoms with van der Waals surface area (Å²) in [5, 5.41) is 0. The van der Waals surface area contributed by atoms with E-state index >= 15 is 0 Å². The zero-order chi connectivity index (χ0) is 21.0. The predicted octanol–water partition coefficient (Wildman–Crippen LogP) is 4.39. The van der Waals surface area contributed by atoms with Gasteiger partial charge in [0.05, 0.1) is 5.56 Å². The number of benzene rings is 2. The predicted molar refractivity (Wildman–Crippen MR) is 111 cm³/mol. The fraction of sp³-hybridized carbons (Fsp3) is 0.348. The highest BCUT2D eigenvalue weighted by atomic mass is 19.4. The summed E-state index contributed by atoms with van der Waals surface area (Å²) in [6.07, 6.45) is -0.456. The molecule has 1 saturated heterocycles. The van der Waals surface area contributed by atoms with E-state index in [4.69, 9.17) is 0 Å². The summed E-state index contributed by atoms with van der Waals surface area (Å²) in [6, 6.07) is 15.8. The molecule has 7 heteroatoms. The van der Waals surface area contributed by atoms with Crippen LogP contribution in [0, 0.1) is 0 Å². The van der Waals surface area contributed by atoms with Gasteiger partial charge in [0.1, 0.15) is 5.82 Å². The number of piperazine rings is 1. The molecule has 0 N–H and O–H groups in total. The van der Waals surface area contributed by atoms with Crippen molar-refractivity contribution in [1.29, 1.82) is 0 Å². The molecule has 1 aliphatic heterocycles. The number of halogens is 3. The van der Waals surface area contributed by atoms with Gasteiger partial charge in [-0.05, 0) is 11.6 Å². The fourth-order valence-electron chi connectivity index (χ4n) is 3.86. The van der Waals surface area contributed by atoms with Gasteiger partial charge < -0.3 is 4.57 Å². The lowest BCUT2D eigenvalue weighted by molar-refractivity contribution is -0.137. The van der Waals surface area contributed by atoms with E-state index in [0.717, 1.165) is 56.7 Å². The molecule has 1 fully saturated rings. The van der Waals surface area contributed by atoms with Crippen LogP contribution < -0.4 is 0 Å². The molecule has 3 aromatic rings. The van der Waals surface area contributed by atoms with Gasteiger partial charge in [0.15, 0.2) is 0 Å². The van der Waals surface area contributed by atoms with Gasteiger partial charge >= 0.3 is 6.18 Å². The van der Waals surface area contributed by atoms with Crippen LogP contribution in [0.25, 0.3) is 11.4 Å². The van der Waals surface area contributed by atoms with Gasteiger partial charge in [0.2, 0.25) is 0 Å². The molecule has 0 spiro atoms. The van der Waals surface area contributed by atoms with E-state index in [2.05, 4.69) is 31.5 Å². The van der Waals surface area contributed by atoms with Crippen molar-refractivity contribution in [1.82, 2.24) is 19.4 Å². The van der Waals surface area contributed by atoms with E-state index in [9.17, 15) is 13.2 Å². The number of hydrogen-bond donors (Lipinski definition) is 0. The Morgan fingerprint density at radius 3 is 2.30 bits per heavy atom. The molecule has 158 valence electrons. The summed E-state index contributed by atoms with van der Waals surface area (Å²) >= 11 is 0. The van der Waals surface area contributed by atoms with Crippen molar-refractivity contribution in [3.8, 4) is 11.4 Å². The quantitative estimate of drug-likeness (QED) is 0.598. The summed E-state index contributed by atoms with van der Waals surface area (Å²) in [7, 11) is 0. The summed E-state index contributed by atoms with van der Waals surface area (Å²) < 4.78 is 40.9. The normalized spacial score (nSPS) is 16.1. The lowest BCUT2D eigenvalue weighted by atomic mass is 10.1. The number of hydrogen-bond acceptors (Lipinski definition) is 3. The molecule has 0 aliphatic carbocycles. The zero-order valence-corrected chi connectivity index (χ0v) is 16.7. The van der Waals surface area contributed by atoms with Gasteiger partial charge in [0, 0.05) is 63.8 Å². The van der Waals surface area contributed by atoms with Crippen LogP contribution in [0.3, 0.4) is 0 Å². The highest BCUT2D eigenvalue weighted by Crippen LogP contribution is 2.29. The number of imidazole rings is 1. The molecular weight excluding hydrogens is 389 g/mol. The summed E-state index contributed by atoms with van der Waals surface area (Å²) in [5.41, 5.74) is 1.24. The first-order chi connectivity index (χ1) is 14.5. The van der Waals surface area contributed by atoms with Crippen molar-refractivity contribution >= 4 is 0 Å². The van der Waals surface area contributed by atoms with Crippen LogP contribution in [0.4, 0.5) is 13.2 Å². The lowest BCUT2D eigenvalue weighted by Gasteiger charge is -2.35. The number of nitrogens with zero attached hydrogens (tertiary/aromatic N) is 4. The minimum Gasteiger partial charge on any atom is -0.330 e. The van der Waals surface area contributed by atoms with Crippen LogP contribution in [-0.2, 0) is 19.3 Å². The smallest absolute Gasteiger partial charge is 0.330 e. The van der Waals surface area contributed by atoms with Gasteiger partial charge in [-0.15, -0.1) is 0 Å². The van der Waals surface area contributed by atoms with Crippen molar-refractivity contribution in [3.63, 3.8) is 0 Å². The summed E-state index contributed by atoms with van der Waals surface area (Å²) in [5.74, 6) is 0.971. The number of alkyl halides is 3. The molecule has 2 heterocycles. The summed E-state index contributed by atoms with van der Waals surface area (Å²) in [6.45, 7) is 5.86. The molecule has 0 atom stereocenters. The van der Waals surface area contributed by atoms with Crippen molar-refractivity contribution in [2.45, 2.75) is 19.3 Å². The standard InChI is InChI=1S/C23H25F3N4/c24-23(25,26)21-8-4-5-19(17-21)18-29-13-11-28(12-14-29)15-16-30-10-9-27-22(30)20-6-2-1-3-7-20/h1-10,17H,11-16,18H2. The first-order valence-electron chi connectivity index (χ1n) is 10.2. The number of aromatic nitrogens is 2. The van der Waals surface area contributed by atoms with Crippen LogP contribution in [0.1, 0.15) is 11.1 Å². The van der Waals surface area contributed by atoms with Crippen LogP contribution in [0.2, 0.25) is 0 Å². The Balaban J connectivity index is 1.28. The molecule has 0 radical (unpaired) electrons. The average molecular weight is 414 g/mol. The maximum atomic E-state index is 12.9. The second-order valence-electron chi connectivity index (χ2n) is 7.63. The van der Waals surface area contributed by atoms with E-state index in [1.807, 2.05) is 30.6 Å². The van der Waals surface area contributed by atoms with Crippen LogP contribution in [0.5, 0.6) is 0 Å². The molecule has 0 saturated carbocycles. The Labute approximate surface area is 174 Å². The SMILES string of the molecule is FC(F)(F)c1cccc(CN2CCN(CCn3ccnc3-c3ccccc3)CC2)c1. The van der Waals surface area contributed by atoms with E-state index in [1.54, 1.807) is 6.07 Å². The van der Waals surface area contributed by atoms with Crippen LogP contribution >= 0.6 is 0 Å². The third-order valence-electron chi connectivity index (χ3n) is 5.53. The van der Waals surface area contributed by atoms with Crippen molar-refractivity contribution in [2.75, 3.05) is 32.7 Å². The molecular formula is C23H25F3N4. The molecule has 1 aliphatic rings. The first kappa shape index (κ1) is 20.6. The van der Waals surface area contributed by atoms with Gasteiger partial charge in [-0.3, -0.25) is 9.80 Å². The Kier molecular flexibility index (Phi) is 6.20. The molecule has 4 rings (SSSR count). The second kappa shape index (κ2) is 9.02. The third kappa shape index (κ3) is 5.09. The Morgan fingerprint density at radius 2 is 1.57 bits per heavy atom. The van der Waals surface area contributed by atoms with E-state index in [0.29, 0.717) is 12.1 Å². The van der Waals surface area contributed by atoms with E-state index in [1.165, 1.54) is 12.1 Å². The maximum Gasteiger partial charge on any atom is 0.416 e. The van der Waals surface area contributed by atoms with Gasteiger partial charge in [-0.1, -0.05) is 48.5 Å². The van der Waals surface area contributed by atoms with Gasteiger partial charge in [-0.2, -0.15) is 13.2 Å². The highest BCUT2D eigenvalue weighted by molar-refractivity contribution is 5.55. The lowest BCUT2D eigenvalue weighted by Crippen LogP contribution is -2.46.